The lowest BCUT2D eigenvalue weighted by molar-refractivity contribution is -0.0555. The number of aliphatic hydroxyl groups is 1. The third-order valence-electron chi connectivity index (χ3n) is 6.10. The fourth-order valence-corrected chi connectivity index (χ4v) is 5.42. The Kier molecular flexibility index (Phi) is 5.30. The average Bonchev–Trinajstić information content (AvgIpc) is 3.52. The molecule has 2 atom stereocenters. The fraction of sp³-hybridized carbons (Fsp3) is 0.208. The lowest BCUT2D eigenvalue weighted by Gasteiger charge is -2.39. The molecule has 2 aromatic carbocycles. The minimum atomic E-state index is -1.88. The van der Waals surface area contributed by atoms with E-state index in [-0.39, 0.29) is 24.6 Å². The van der Waals surface area contributed by atoms with Crippen LogP contribution < -0.4 is 0 Å². The van der Waals surface area contributed by atoms with Crippen molar-refractivity contribution in [3.8, 4) is 10.4 Å². The van der Waals surface area contributed by atoms with Crippen LogP contribution in [0.5, 0.6) is 0 Å². The maximum absolute atomic E-state index is 14.8. The summed E-state index contributed by atoms with van der Waals surface area (Å²) in [6, 6.07) is 13.8. The van der Waals surface area contributed by atoms with Gasteiger partial charge in [-0.05, 0) is 24.6 Å². The first-order valence-electron chi connectivity index (χ1n) is 10.4. The molecular weight excluding hydrogens is 446 g/mol. The van der Waals surface area contributed by atoms with E-state index in [9.17, 15) is 18.7 Å². The van der Waals surface area contributed by atoms with Crippen molar-refractivity contribution in [1.82, 2.24) is 19.7 Å². The Bertz CT molecular complexity index is 1310. The van der Waals surface area contributed by atoms with Crippen molar-refractivity contribution in [2.75, 3.05) is 0 Å². The number of carbonyl (C=O) groups excluding carboxylic acids is 1. The Labute approximate surface area is 192 Å². The van der Waals surface area contributed by atoms with Crippen molar-refractivity contribution in [3.63, 3.8) is 0 Å². The zero-order valence-electron chi connectivity index (χ0n) is 17.7. The van der Waals surface area contributed by atoms with E-state index in [0.29, 0.717) is 5.56 Å². The molecule has 0 saturated heterocycles. The van der Waals surface area contributed by atoms with E-state index in [4.69, 9.17) is 0 Å². The molecule has 0 spiro atoms. The van der Waals surface area contributed by atoms with Gasteiger partial charge in [0.15, 0.2) is 0 Å². The summed E-state index contributed by atoms with van der Waals surface area (Å²) in [5, 5.41) is 15.8. The Morgan fingerprint density at radius 1 is 1.18 bits per heavy atom. The van der Waals surface area contributed by atoms with Gasteiger partial charge in [-0.1, -0.05) is 36.4 Å². The molecule has 2 aromatic heterocycles. The van der Waals surface area contributed by atoms with Crippen molar-refractivity contribution < 1.29 is 18.7 Å². The number of fused-ring (bicyclic) bond motifs is 1. The minimum Gasteiger partial charge on any atom is -0.381 e. The second-order valence-electron chi connectivity index (χ2n) is 8.06. The fourth-order valence-electron chi connectivity index (χ4n) is 4.27. The largest absolute Gasteiger partial charge is 0.381 e. The predicted octanol–water partition coefficient (Wildman–Crippen LogP) is 4.22. The monoisotopic (exact) mass is 466 g/mol. The highest BCUT2D eigenvalue weighted by atomic mass is 32.1. The second kappa shape index (κ2) is 8.17. The van der Waals surface area contributed by atoms with Crippen molar-refractivity contribution >= 4 is 17.2 Å². The number of hydrogen-bond acceptors (Lipinski definition) is 5. The topological polar surface area (TPSA) is 71.2 Å². The van der Waals surface area contributed by atoms with Gasteiger partial charge in [0.2, 0.25) is 0 Å². The minimum absolute atomic E-state index is 0.111. The molecule has 0 unspecified atom stereocenters. The number of hydrogen-bond donors (Lipinski definition) is 1. The number of nitrogens with zero attached hydrogens (tertiary/aromatic N) is 4. The Balaban J connectivity index is 1.49. The van der Waals surface area contributed by atoms with Crippen LogP contribution in [0.3, 0.4) is 0 Å². The molecule has 0 radical (unpaired) electrons. The summed E-state index contributed by atoms with van der Waals surface area (Å²) >= 11 is 1.52. The number of carbonyl (C=O) groups is 1. The maximum atomic E-state index is 14.8. The van der Waals surface area contributed by atoms with Gasteiger partial charge in [-0.3, -0.25) is 4.79 Å². The molecule has 5 rings (SSSR count). The van der Waals surface area contributed by atoms with Crippen LogP contribution >= 0.6 is 11.3 Å². The third kappa shape index (κ3) is 3.73. The van der Waals surface area contributed by atoms with Crippen LogP contribution in [0.1, 0.15) is 27.7 Å². The molecule has 1 amide bonds. The quantitative estimate of drug-likeness (QED) is 0.462. The van der Waals surface area contributed by atoms with E-state index in [0.717, 1.165) is 27.5 Å². The number of rotatable bonds is 6. The molecule has 0 saturated carbocycles. The van der Waals surface area contributed by atoms with Crippen molar-refractivity contribution in [2.45, 2.75) is 31.7 Å². The van der Waals surface area contributed by atoms with Crippen LogP contribution in [0, 0.1) is 11.6 Å². The van der Waals surface area contributed by atoms with Crippen molar-refractivity contribution in [3.05, 3.63) is 94.9 Å². The molecule has 4 aromatic rings. The molecule has 6 nitrogen and oxygen atoms in total. The molecule has 1 aliphatic heterocycles. The van der Waals surface area contributed by atoms with Gasteiger partial charge in [-0.25, -0.2) is 18.4 Å². The van der Waals surface area contributed by atoms with Gasteiger partial charge in [0.25, 0.3) is 5.91 Å². The van der Waals surface area contributed by atoms with Crippen LogP contribution in [0.4, 0.5) is 8.78 Å². The standard InChI is InChI=1S/C24H20F2N4O2S/c1-15(24(32,12-29-14-27-13-28-29)19-8-7-17(25)9-20(19)26)30-11-22-18(23(30)31)10-21(33-22)16-5-3-2-4-6-16/h2-10,13-15,32H,11-12H2,1H3/t15-,24-/m1/s1. The number of thiophene rings is 1. The zero-order valence-corrected chi connectivity index (χ0v) is 18.5. The zero-order chi connectivity index (χ0) is 23.2. The number of aromatic nitrogens is 3. The molecule has 0 bridgehead atoms. The summed E-state index contributed by atoms with van der Waals surface area (Å²) < 4.78 is 29.8. The molecule has 1 aliphatic rings. The number of amides is 1. The van der Waals surface area contributed by atoms with Crippen LogP contribution in [0.25, 0.3) is 10.4 Å². The first-order chi connectivity index (χ1) is 15.9. The van der Waals surface area contributed by atoms with Gasteiger partial charge in [-0.15, -0.1) is 11.3 Å². The van der Waals surface area contributed by atoms with Crippen LogP contribution in [0.2, 0.25) is 0 Å². The summed E-state index contributed by atoms with van der Waals surface area (Å²) in [6.07, 6.45) is 2.70. The SMILES string of the molecule is C[C@@H](N1Cc2sc(-c3ccccc3)cc2C1=O)[C@](O)(Cn1cncn1)c1ccc(F)cc1F. The van der Waals surface area contributed by atoms with Gasteiger partial charge in [0.1, 0.15) is 29.9 Å². The Morgan fingerprint density at radius 3 is 2.64 bits per heavy atom. The molecule has 9 heteroatoms. The average molecular weight is 467 g/mol. The number of benzene rings is 2. The lowest BCUT2D eigenvalue weighted by atomic mass is 9.85. The smallest absolute Gasteiger partial charge is 0.255 e. The highest BCUT2D eigenvalue weighted by Gasteiger charge is 2.46. The third-order valence-corrected chi connectivity index (χ3v) is 7.27. The molecular formula is C24H20F2N4O2S. The molecule has 1 N–H and O–H groups in total. The highest BCUT2D eigenvalue weighted by Crippen LogP contribution is 2.41. The van der Waals surface area contributed by atoms with Crippen molar-refractivity contribution in [2.24, 2.45) is 0 Å². The molecule has 168 valence electrons. The molecule has 0 fully saturated rings. The summed E-state index contributed by atoms with van der Waals surface area (Å²) in [5.41, 5.74) is -0.383. The lowest BCUT2D eigenvalue weighted by Crippen LogP contribution is -2.52. The molecule has 0 aliphatic carbocycles. The van der Waals surface area contributed by atoms with E-state index >= 15 is 0 Å². The number of halogens is 2. The summed E-state index contributed by atoms with van der Waals surface area (Å²) in [5.74, 6) is -1.88. The highest BCUT2D eigenvalue weighted by molar-refractivity contribution is 7.16. The summed E-state index contributed by atoms with van der Waals surface area (Å²) in [7, 11) is 0. The van der Waals surface area contributed by atoms with Gasteiger partial charge in [0.05, 0.1) is 24.7 Å². The first-order valence-corrected chi connectivity index (χ1v) is 11.2. The van der Waals surface area contributed by atoms with E-state index < -0.39 is 23.3 Å². The van der Waals surface area contributed by atoms with Gasteiger partial charge >= 0.3 is 0 Å². The van der Waals surface area contributed by atoms with E-state index in [2.05, 4.69) is 10.1 Å². The van der Waals surface area contributed by atoms with Gasteiger partial charge in [-0.2, -0.15) is 5.10 Å². The maximum Gasteiger partial charge on any atom is 0.255 e. The van der Waals surface area contributed by atoms with E-state index in [1.807, 2.05) is 36.4 Å². The molecule has 33 heavy (non-hydrogen) atoms. The van der Waals surface area contributed by atoms with Gasteiger partial charge < -0.3 is 10.0 Å². The summed E-state index contributed by atoms with van der Waals surface area (Å²) in [4.78, 5) is 20.6. The van der Waals surface area contributed by atoms with Crippen LogP contribution in [0.15, 0.2) is 67.3 Å². The first kappa shape index (κ1) is 21.4. The normalized spacial score (nSPS) is 16.0. The van der Waals surface area contributed by atoms with E-state index in [1.165, 1.54) is 39.6 Å². The van der Waals surface area contributed by atoms with Crippen LogP contribution in [-0.2, 0) is 18.7 Å². The van der Waals surface area contributed by atoms with Crippen molar-refractivity contribution in [1.29, 1.82) is 0 Å². The van der Waals surface area contributed by atoms with E-state index in [1.54, 1.807) is 6.92 Å². The second-order valence-corrected chi connectivity index (χ2v) is 9.20. The predicted molar refractivity (Wildman–Crippen MR) is 119 cm³/mol. The van der Waals surface area contributed by atoms with Crippen LogP contribution in [-0.4, -0.2) is 36.7 Å². The summed E-state index contributed by atoms with van der Waals surface area (Å²) in [6.45, 7) is 1.78. The Hall–Kier alpha value is -3.43. The Morgan fingerprint density at radius 2 is 1.97 bits per heavy atom. The molecule has 3 heterocycles. The van der Waals surface area contributed by atoms with Gasteiger partial charge in [0, 0.05) is 21.4 Å².